The Morgan fingerprint density at radius 3 is 2.54 bits per heavy atom. The minimum Gasteiger partial charge on any atom is -0.462 e. The first-order valence-corrected chi connectivity index (χ1v) is 9.67. The highest BCUT2D eigenvalue weighted by molar-refractivity contribution is 7.16. The number of hydrogen-bond acceptors (Lipinski definition) is 7. The van der Waals surface area contributed by atoms with Crippen molar-refractivity contribution in [3.05, 3.63) is 45.7 Å². The van der Waals surface area contributed by atoms with E-state index in [0.29, 0.717) is 22.7 Å². The smallest absolute Gasteiger partial charge is 0.341 e. The van der Waals surface area contributed by atoms with Gasteiger partial charge in [-0.3, -0.25) is 4.79 Å². The number of carbonyl (C=O) groups excluding carboxylic acids is 3. The van der Waals surface area contributed by atoms with Crippen LogP contribution in [0.5, 0.6) is 0 Å². The second-order valence-corrected chi connectivity index (χ2v) is 7.08. The number of carbonyl (C=O) groups is 3. The summed E-state index contributed by atoms with van der Waals surface area (Å²) >= 11 is 1.29. The molecule has 2 heterocycles. The zero-order valence-corrected chi connectivity index (χ0v) is 17.1. The molecule has 0 fully saturated rings. The zero-order valence-electron chi connectivity index (χ0n) is 16.3. The summed E-state index contributed by atoms with van der Waals surface area (Å²) in [5.74, 6) is -0.453. The summed E-state index contributed by atoms with van der Waals surface area (Å²) in [6, 6.07) is 3.49. The molecule has 0 radical (unpaired) electrons. The van der Waals surface area contributed by atoms with Crippen molar-refractivity contribution in [2.24, 2.45) is 0 Å². The number of anilines is 1. The summed E-state index contributed by atoms with van der Waals surface area (Å²) in [4.78, 5) is 37.1. The molecule has 0 aliphatic carbocycles. The van der Waals surface area contributed by atoms with Crippen LogP contribution in [-0.2, 0) is 25.5 Å². The van der Waals surface area contributed by atoms with E-state index in [2.05, 4.69) is 5.32 Å². The van der Waals surface area contributed by atoms with Gasteiger partial charge in [0.25, 0.3) is 5.91 Å². The standard InChI is InChI=1S/C20H23NO6S/c1-5-15-13(4)28-19(18(15)20(24)25-6-2)21-16(22)11-26-17(23)10-9-14-8-7-12(3)27-14/h7-10H,5-6,11H2,1-4H3,(H,21,22). The molecule has 8 heteroatoms. The number of hydrogen-bond donors (Lipinski definition) is 1. The van der Waals surface area contributed by atoms with Gasteiger partial charge in [-0.1, -0.05) is 6.92 Å². The number of rotatable bonds is 8. The summed E-state index contributed by atoms with van der Waals surface area (Å²) in [6.45, 7) is 7.09. The van der Waals surface area contributed by atoms with Crippen LogP contribution in [0, 0.1) is 13.8 Å². The van der Waals surface area contributed by atoms with E-state index in [-0.39, 0.29) is 6.61 Å². The number of ether oxygens (including phenoxy) is 2. The Bertz CT molecular complexity index is 893. The molecule has 28 heavy (non-hydrogen) atoms. The summed E-state index contributed by atoms with van der Waals surface area (Å²) in [7, 11) is 0. The SMILES string of the molecule is CCOC(=O)c1c(NC(=O)COC(=O)C=Cc2ccc(C)o2)sc(C)c1CC. The summed E-state index contributed by atoms with van der Waals surface area (Å²) < 4.78 is 15.3. The van der Waals surface area contributed by atoms with Gasteiger partial charge in [0.2, 0.25) is 0 Å². The van der Waals surface area contributed by atoms with E-state index < -0.39 is 24.5 Å². The molecule has 150 valence electrons. The average Bonchev–Trinajstić information content (AvgIpc) is 3.20. The fourth-order valence-corrected chi connectivity index (χ4v) is 3.70. The third-order valence-corrected chi connectivity index (χ3v) is 4.85. The average molecular weight is 405 g/mol. The molecule has 2 rings (SSSR count). The third-order valence-electron chi connectivity index (χ3n) is 3.79. The number of aryl methyl sites for hydroxylation is 2. The second-order valence-electron chi connectivity index (χ2n) is 5.85. The largest absolute Gasteiger partial charge is 0.462 e. The van der Waals surface area contributed by atoms with Gasteiger partial charge in [0.1, 0.15) is 16.5 Å². The molecule has 0 saturated heterocycles. The van der Waals surface area contributed by atoms with Crippen molar-refractivity contribution in [1.82, 2.24) is 0 Å². The maximum atomic E-state index is 12.3. The molecule has 7 nitrogen and oxygen atoms in total. The Balaban J connectivity index is 1.98. The minimum absolute atomic E-state index is 0.239. The van der Waals surface area contributed by atoms with Gasteiger partial charge in [0.15, 0.2) is 6.61 Å². The Hall–Kier alpha value is -2.87. The Morgan fingerprint density at radius 2 is 1.93 bits per heavy atom. The van der Waals surface area contributed by atoms with Crippen molar-refractivity contribution >= 4 is 40.3 Å². The lowest BCUT2D eigenvalue weighted by Crippen LogP contribution is -2.21. The van der Waals surface area contributed by atoms with Gasteiger partial charge >= 0.3 is 11.9 Å². The van der Waals surface area contributed by atoms with E-state index in [1.165, 1.54) is 23.5 Å². The number of thiophene rings is 1. The Kier molecular flexibility index (Phi) is 7.57. The van der Waals surface area contributed by atoms with Crippen molar-refractivity contribution in [3.8, 4) is 0 Å². The second kappa shape index (κ2) is 9.89. The summed E-state index contributed by atoms with van der Waals surface area (Å²) in [5.41, 5.74) is 1.20. The minimum atomic E-state index is -0.675. The van der Waals surface area contributed by atoms with Crippen LogP contribution in [0.2, 0.25) is 0 Å². The number of nitrogens with one attached hydrogen (secondary N) is 1. The fraction of sp³-hybridized carbons (Fsp3) is 0.350. The molecule has 0 aliphatic heterocycles. The van der Waals surface area contributed by atoms with Crippen LogP contribution < -0.4 is 5.32 Å². The van der Waals surface area contributed by atoms with Gasteiger partial charge < -0.3 is 19.2 Å². The van der Waals surface area contributed by atoms with Crippen LogP contribution in [0.25, 0.3) is 6.08 Å². The van der Waals surface area contributed by atoms with Gasteiger partial charge in [0.05, 0.1) is 12.2 Å². The van der Waals surface area contributed by atoms with Crippen molar-refractivity contribution in [1.29, 1.82) is 0 Å². The molecule has 0 aromatic carbocycles. The Labute approximate surface area is 167 Å². The van der Waals surface area contributed by atoms with Gasteiger partial charge in [-0.25, -0.2) is 9.59 Å². The van der Waals surface area contributed by atoms with Gasteiger partial charge in [-0.2, -0.15) is 0 Å². The monoisotopic (exact) mass is 405 g/mol. The maximum Gasteiger partial charge on any atom is 0.341 e. The highest BCUT2D eigenvalue weighted by Gasteiger charge is 2.23. The predicted molar refractivity (Wildman–Crippen MR) is 106 cm³/mol. The van der Waals surface area contributed by atoms with Crippen LogP contribution >= 0.6 is 11.3 Å². The van der Waals surface area contributed by atoms with Crippen molar-refractivity contribution in [2.45, 2.75) is 34.1 Å². The molecule has 0 unspecified atom stereocenters. The first-order valence-electron chi connectivity index (χ1n) is 8.86. The highest BCUT2D eigenvalue weighted by atomic mass is 32.1. The van der Waals surface area contributed by atoms with E-state index in [1.54, 1.807) is 26.0 Å². The predicted octanol–water partition coefficient (Wildman–Crippen LogP) is 3.89. The van der Waals surface area contributed by atoms with Crippen LogP contribution in [0.3, 0.4) is 0 Å². The van der Waals surface area contributed by atoms with Crippen LogP contribution in [0.15, 0.2) is 22.6 Å². The number of furan rings is 1. The van der Waals surface area contributed by atoms with Gasteiger partial charge in [0, 0.05) is 11.0 Å². The molecular weight excluding hydrogens is 382 g/mol. The van der Waals surface area contributed by atoms with Crippen LogP contribution in [-0.4, -0.2) is 31.1 Å². The quantitative estimate of drug-likeness (QED) is 0.529. The zero-order chi connectivity index (χ0) is 20.7. The van der Waals surface area contributed by atoms with Crippen LogP contribution in [0.4, 0.5) is 5.00 Å². The van der Waals surface area contributed by atoms with Crippen molar-refractivity contribution < 1.29 is 28.3 Å². The Morgan fingerprint density at radius 1 is 1.18 bits per heavy atom. The number of esters is 2. The number of amides is 1. The molecular formula is C20H23NO6S. The molecule has 0 spiro atoms. The van der Waals surface area contributed by atoms with Crippen LogP contribution in [0.1, 0.15) is 46.2 Å². The lowest BCUT2D eigenvalue weighted by Gasteiger charge is -2.08. The van der Waals surface area contributed by atoms with Gasteiger partial charge in [-0.15, -0.1) is 11.3 Å². The fourth-order valence-electron chi connectivity index (χ4n) is 2.55. The van der Waals surface area contributed by atoms with Crippen molar-refractivity contribution in [2.75, 3.05) is 18.5 Å². The van der Waals surface area contributed by atoms with E-state index in [0.717, 1.165) is 16.2 Å². The lowest BCUT2D eigenvalue weighted by atomic mass is 10.1. The lowest BCUT2D eigenvalue weighted by molar-refractivity contribution is -0.142. The first-order chi connectivity index (χ1) is 13.3. The van der Waals surface area contributed by atoms with E-state index in [1.807, 2.05) is 13.8 Å². The topological polar surface area (TPSA) is 94.8 Å². The maximum absolute atomic E-state index is 12.3. The normalized spacial score (nSPS) is 10.9. The molecule has 0 aliphatic rings. The van der Waals surface area contributed by atoms with E-state index in [9.17, 15) is 14.4 Å². The summed E-state index contributed by atoms with van der Waals surface area (Å²) in [5, 5.41) is 3.04. The molecule has 0 saturated carbocycles. The third kappa shape index (κ3) is 5.56. The van der Waals surface area contributed by atoms with E-state index in [4.69, 9.17) is 13.9 Å². The molecule has 2 aromatic rings. The van der Waals surface area contributed by atoms with E-state index >= 15 is 0 Å². The molecule has 2 aromatic heterocycles. The van der Waals surface area contributed by atoms with Crippen molar-refractivity contribution in [3.63, 3.8) is 0 Å². The molecule has 0 bridgehead atoms. The highest BCUT2D eigenvalue weighted by Crippen LogP contribution is 2.34. The summed E-state index contributed by atoms with van der Waals surface area (Å²) in [6.07, 6.45) is 3.28. The first kappa shape index (κ1) is 21.4. The molecule has 0 atom stereocenters. The van der Waals surface area contributed by atoms with Gasteiger partial charge in [-0.05, 0) is 51.0 Å². The molecule has 1 N–H and O–H groups in total. The molecule has 1 amide bonds.